The molecule has 2 fully saturated rings. The van der Waals surface area contributed by atoms with E-state index in [1.165, 1.54) is 4.31 Å². The summed E-state index contributed by atoms with van der Waals surface area (Å²) < 4.78 is 68.4. The monoisotopic (exact) mass is 436 g/mol. The van der Waals surface area contributed by atoms with Crippen molar-refractivity contribution in [2.45, 2.75) is 38.0 Å². The van der Waals surface area contributed by atoms with E-state index < -0.39 is 28.0 Å². The predicted molar refractivity (Wildman–Crippen MR) is 96.4 cm³/mol. The first-order chi connectivity index (χ1) is 13.5. The molecule has 0 aromatic carbocycles. The van der Waals surface area contributed by atoms with Gasteiger partial charge in [-0.1, -0.05) is 0 Å². The summed E-state index contributed by atoms with van der Waals surface area (Å²) in [6, 6.07) is 0.410. The van der Waals surface area contributed by atoms with Gasteiger partial charge in [-0.15, -0.1) is 0 Å². The summed E-state index contributed by atoms with van der Waals surface area (Å²) in [4.78, 5) is 21.6. The molecule has 2 aliphatic rings. The van der Waals surface area contributed by atoms with Gasteiger partial charge in [-0.05, 0) is 31.7 Å². The number of piperidine rings is 2. The molecule has 8 nitrogen and oxygen atoms in total. The molecular weight excluding hydrogens is 413 g/mol. The number of alkyl halides is 3. The quantitative estimate of drug-likeness (QED) is 0.711. The summed E-state index contributed by atoms with van der Waals surface area (Å²) in [5.74, 6) is -0.340. The normalized spacial score (nSPS) is 22.5. The van der Waals surface area contributed by atoms with Crippen LogP contribution in [0.3, 0.4) is 0 Å². The van der Waals surface area contributed by atoms with E-state index in [1.807, 2.05) is 0 Å². The molecule has 2 saturated heterocycles. The Kier molecular flexibility index (Phi) is 6.32. The molecule has 29 heavy (non-hydrogen) atoms. The van der Waals surface area contributed by atoms with Gasteiger partial charge in [0.2, 0.25) is 15.9 Å². The minimum absolute atomic E-state index is 0.0728. The van der Waals surface area contributed by atoms with Gasteiger partial charge in [0.25, 0.3) is 0 Å². The van der Waals surface area contributed by atoms with Gasteiger partial charge in [-0.3, -0.25) is 4.79 Å². The zero-order valence-electron chi connectivity index (χ0n) is 15.9. The lowest BCUT2D eigenvalue weighted by Crippen LogP contribution is -2.49. The average molecular weight is 436 g/mol. The molecule has 162 valence electrons. The summed E-state index contributed by atoms with van der Waals surface area (Å²) in [7, 11) is -3.26. The number of halogens is 3. The van der Waals surface area contributed by atoms with Crippen LogP contribution in [0.25, 0.3) is 0 Å². The molecule has 12 heteroatoms. The van der Waals surface area contributed by atoms with E-state index in [-0.39, 0.29) is 24.4 Å². The third kappa shape index (κ3) is 5.56. The van der Waals surface area contributed by atoms with Crippen LogP contribution < -0.4 is 4.74 Å². The highest BCUT2D eigenvalue weighted by molar-refractivity contribution is 7.88. The predicted octanol–water partition coefficient (Wildman–Crippen LogP) is 1.54. The highest BCUT2D eigenvalue weighted by Gasteiger charge is 2.35. The van der Waals surface area contributed by atoms with E-state index in [0.29, 0.717) is 45.3 Å². The molecule has 0 spiro atoms. The number of carbonyl (C=O) groups excluding carboxylic acids is 1. The van der Waals surface area contributed by atoms with Crippen molar-refractivity contribution in [3.63, 3.8) is 0 Å². The Morgan fingerprint density at radius 3 is 2.52 bits per heavy atom. The number of carbonyl (C=O) groups is 1. The van der Waals surface area contributed by atoms with Crippen LogP contribution in [0.2, 0.25) is 0 Å². The van der Waals surface area contributed by atoms with Gasteiger partial charge in [0.05, 0.1) is 12.8 Å². The van der Waals surface area contributed by atoms with Gasteiger partial charge in [-0.2, -0.15) is 18.2 Å². The maximum atomic E-state index is 12.8. The van der Waals surface area contributed by atoms with Crippen LogP contribution in [-0.4, -0.2) is 72.0 Å². The highest BCUT2D eigenvalue weighted by atomic mass is 32.2. The summed E-state index contributed by atoms with van der Waals surface area (Å²) in [5.41, 5.74) is -1.08. The number of hydrogen-bond acceptors (Lipinski definition) is 6. The summed E-state index contributed by atoms with van der Waals surface area (Å²) in [6.45, 7) is 1.39. The van der Waals surface area contributed by atoms with E-state index >= 15 is 0 Å². The first-order valence-electron chi connectivity index (χ1n) is 9.35. The van der Waals surface area contributed by atoms with Crippen LogP contribution >= 0.6 is 0 Å². The Labute approximate surface area is 167 Å². The van der Waals surface area contributed by atoms with Crippen molar-refractivity contribution in [2.75, 3.05) is 32.4 Å². The summed E-state index contributed by atoms with van der Waals surface area (Å²) in [6.07, 6.45) is -0.809. The number of nitrogens with zero attached hydrogens (tertiary/aromatic N) is 4. The lowest BCUT2D eigenvalue weighted by Gasteiger charge is -2.37. The largest absolute Gasteiger partial charge is 0.458 e. The molecular formula is C17H23F3N4O4S. The van der Waals surface area contributed by atoms with E-state index in [9.17, 15) is 26.4 Å². The zero-order chi connectivity index (χ0) is 21.2. The molecule has 1 amide bonds. The van der Waals surface area contributed by atoms with E-state index in [0.717, 1.165) is 18.5 Å². The number of sulfonamides is 1. The molecule has 3 rings (SSSR count). The highest BCUT2D eigenvalue weighted by Crippen LogP contribution is 2.29. The Bertz CT molecular complexity index is 841. The summed E-state index contributed by atoms with van der Waals surface area (Å²) in [5, 5.41) is 0. The third-order valence-corrected chi connectivity index (χ3v) is 6.46. The fourth-order valence-corrected chi connectivity index (χ4v) is 4.51. The lowest BCUT2D eigenvalue weighted by atomic mass is 9.95. The lowest BCUT2D eigenvalue weighted by molar-refractivity contribution is -0.141. The van der Waals surface area contributed by atoms with Crippen molar-refractivity contribution in [3.8, 4) is 6.01 Å². The van der Waals surface area contributed by atoms with Crippen molar-refractivity contribution in [3.05, 3.63) is 18.0 Å². The molecule has 3 heterocycles. The van der Waals surface area contributed by atoms with Gasteiger partial charge < -0.3 is 9.64 Å². The second kappa shape index (κ2) is 8.42. The van der Waals surface area contributed by atoms with Crippen molar-refractivity contribution in [1.29, 1.82) is 0 Å². The molecule has 1 aromatic heterocycles. The molecule has 1 atom stereocenters. The fraction of sp³-hybridized carbons (Fsp3) is 0.706. The van der Waals surface area contributed by atoms with Gasteiger partial charge >= 0.3 is 12.2 Å². The molecule has 1 unspecified atom stereocenters. The molecule has 0 radical (unpaired) electrons. The molecule has 0 saturated carbocycles. The molecule has 0 bridgehead atoms. The SMILES string of the molecule is CS(=O)(=O)N1CCC(C(=O)N2CCCC(Oc3nccc(C(F)(F)F)n3)C2)CC1. The van der Waals surface area contributed by atoms with E-state index in [4.69, 9.17) is 4.74 Å². The Hall–Kier alpha value is -1.95. The number of amides is 1. The van der Waals surface area contributed by atoms with Crippen molar-refractivity contribution >= 4 is 15.9 Å². The Balaban J connectivity index is 1.58. The smallest absolute Gasteiger partial charge is 0.433 e. The first-order valence-corrected chi connectivity index (χ1v) is 11.2. The zero-order valence-corrected chi connectivity index (χ0v) is 16.7. The third-order valence-electron chi connectivity index (χ3n) is 5.16. The van der Waals surface area contributed by atoms with E-state index in [2.05, 4.69) is 9.97 Å². The van der Waals surface area contributed by atoms with Crippen LogP contribution in [0, 0.1) is 5.92 Å². The maximum absolute atomic E-state index is 12.8. The Morgan fingerprint density at radius 2 is 1.90 bits per heavy atom. The van der Waals surface area contributed by atoms with E-state index in [1.54, 1.807) is 4.90 Å². The van der Waals surface area contributed by atoms with Gasteiger partial charge in [0.15, 0.2) is 5.69 Å². The number of aromatic nitrogens is 2. The number of ether oxygens (including phenoxy) is 1. The van der Waals surface area contributed by atoms with Gasteiger partial charge in [0, 0.05) is 31.7 Å². The van der Waals surface area contributed by atoms with Crippen LogP contribution in [0.15, 0.2) is 12.3 Å². The molecule has 0 aliphatic carbocycles. The first kappa shape index (κ1) is 21.8. The number of rotatable bonds is 4. The van der Waals surface area contributed by atoms with Gasteiger partial charge in [0.1, 0.15) is 6.10 Å². The van der Waals surface area contributed by atoms with Crippen molar-refractivity contribution < 1.29 is 31.1 Å². The fourth-order valence-electron chi connectivity index (χ4n) is 3.63. The van der Waals surface area contributed by atoms with Crippen LogP contribution in [0.4, 0.5) is 13.2 Å². The molecule has 2 aliphatic heterocycles. The second-order valence-corrected chi connectivity index (χ2v) is 9.31. The average Bonchev–Trinajstić information content (AvgIpc) is 2.67. The van der Waals surface area contributed by atoms with Crippen LogP contribution in [-0.2, 0) is 21.0 Å². The standard InChI is InChI=1S/C17H23F3N4O4S/c1-29(26,27)24-9-5-12(6-10-24)15(25)23-8-2-3-13(11-23)28-16-21-7-4-14(22-16)17(18,19)20/h4,7,12-13H,2-3,5-6,8-11H2,1H3. The van der Waals surface area contributed by atoms with Crippen molar-refractivity contribution in [1.82, 2.24) is 19.2 Å². The molecule has 0 N–H and O–H groups in total. The topological polar surface area (TPSA) is 92.7 Å². The van der Waals surface area contributed by atoms with Gasteiger partial charge in [-0.25, -0.2) is 17.7 Å². The van der Waals surface area contributed by atoms with Crippen molar-refractivity contribution in [2.24, 2.45) is 5.92 Å². The minimum Gasteiger partial charge on any atom is -0.458 e. The maximum Gasteiger partial charge on any atom is 0.433 e. The van der Waals surface area contributed by atoms with Crippen LogP contribution in [0.5, 0.6) is 6.01 Å². The second-order valence-electron chi connectivity index (χ2n) is 7.32. The number of likely N-dealkylation sites (tertiary alicyclic amines) is 1. The van der Waals surface area contributed by atoms with Crippen LogP contribution in [0.1, 0.15) is 31.4 Å². The molecule has 1 aromatic rings. The Morgan fingerprint density at radius 1 is 1.21 bits per heavy atom. The number of hydrogen-bond donors (Lipinski definition) is 0. The summed E-state index contributed by atoms with van der Waals surface area (Å²) >= 11 is 0. The minimum atomic E-state index is -4.59.